The molecule has 0 atom stereocenters. The third kappa shape index (κ3) is 1.46. The van der Waals surface area contributed by atoms with E-state index in [0.29, 0.717) is 6.04 Å². The van der Waals surface area contributed by atoms with Gasteiger partial charge >= 0.3 is 0 Å². The molecule has 1 radical (unpaired) electrons. The highest BCUT2D eigenvalue weighted by Crippen LogP contribution is 2.29. The number of fused-ring (bicyclic) bond motifs is 1. The van der Waals surface area contributed by atoms with Crippen molar-refractivity contribution in [3.63, 3.8) is 0 Å². The first-order valence-electron chi connectivity index (χ1n) is 4.54. The van der Waals surface area contributed by atoms with E-state index in [4.69, 9.17) is 4.74 Å². The second-order valence-corrected chi connectivity index (χ2v) is 3.40. The lowest BCUT2D eigenvalue weighted by Crippen LogP contribution is -2.38. The van der Waals surface area contributed by atoms with E-state index in [1.807, 2.05) is 6.07 Å². The summed E-state index contributed by atoms with van der Waals surface area (Å²) in [6.45, 7) is 6.00. The predicted molar refractivity (Wildman–Crippen MR) is 51.1 cm³/mol. The SMILES string of the molecule is CC(C)N1CCOc2nc[c]cc21. The van der Waals surface area contributed by atoms with Gasteiger partial charge < -0.3 is 9.64 Å². The van der Waals surface area contributed by atoms with Crippen molar-refractivity contribution in [1.82, 2.24) is 4.98 Å². The number of nitrogens with zero attached hydrogens (tertiary/aromatic N) is 2. The maximum absolute atomic E-state index is 5.43. The summed E-state index contributed by atoms with van der Waals surface area (Å²) in [5.74, 6) is 0.735. The Labute approximate surface area is 78.3 Å². The van der Waals surface area contributed by atoms with Crippen molar-refractivity contribution in [3.8, 4) is 5.88 Å². The monoisotopic (exact) mass is 177 g/mol. The van der Waals surface area contributed by atoms with Gasteiger partial charge in [0.15, 0.2) is 0 Å². The number of rotatable bonds is 1. The lowest BCUT2D eigenvalue weighted by molar-refractivity contribution is 0.291. The van der Waals surface area contributed by atoms with Crippen LogP contribution in [0.1, 0.15) is 13.8 Å². The van der Waals surface area contributed by atoms with Gasteiger partial charge in [0.25, 0.3) is 0 Å². The maximum atomic E-state index is 5.43. The topological polar surface area (TPSA) is 25.4 Å². The van der Waals surface area contributed by atoms with Crippen LogP contribution in [-0.2, 0) is 0 Å². The summed E-state index contributed by atoms with van der Waals surface area (Å²) in [6.07, 6.45) is 1.64. The van der Waals surface area contributed by atoms with E-state index < -0.39 is 0 Å². The van der Waals surface area contributed by atoms with Gasteiger partial charge in [-0.15, -0.1) is 0 Å². The third-order valence-electron chi connectivity index (χ3n) is 2.20. The molecule has 0 N–H and O–H groups in total. The highest BCUT2D eigenvalue weighted by Gasteiger charge is 2.20. The molecule has 0 amide bonds. The normalized spacial score (nSPS) is 15.5. The average Bonchev–Trinajstić information content (AvgIpc) is 2.17. The molecule has 1 aromatic rings. The van der Waals surface area contributed by atoms with Crippen LogP contribution in [0.3, 0.4) is 0 Å². The Morgan fingerprint density at radius 1 is 1.62 bits per heavy atom. The molecule has 0 fully saturated rings. The Morgan fingerprint density at radius 2 is 2.46 bits per heavy atom. The van der Waals surface area contributed by atoms with E-state index in [2.05, 4.69) is 29.8 Å². The molecule has 0 saturated carbocycles. The number of pyridine rings is 1. The molecule has 1 aliphatic rings. The van der Waals surface area contributed by atoms with E-state index in [0.717, 1.165) is 24.7 Å². The zero-order chi connectivity index (χ0) is 9.26. The van der Waals surface area contributed by atoms with Gasteiger partial charge in [-0.3, -0.25) is 0 Å². The molecule has 3 nitrogen and oxygen atoms in total. The van der Waals surface area contributed by atoms with Gasteiger partial charge in [-0.05, 0) is 19.9 Å². The van der Waals surface area contributed by atoms with Crippen LogP contribution in [-0.4, -0.2) is 24.2 Å². The quantitative estimate of drug-likeness (QED) is 0.649. The van der Waals surface area contributed by atoms with Gasteiger partial charge in [0.1, 0.15) is 12.3 Å². The highest BCUT2D eigenvalue weighted by molar-refractivity contribution is 5.56. The molecule has 0 bridgehead atoms. The van der Waals surface area contributed by atoms with Crippen molar-refractivity contribution in [3.05, 3.63) is 18.3 Å². The molecule has 69 valence electrons. The van der Waals surface area contributed by atoms with E-state index in [1.165, 1.54) is 0 Å². The third-order valence-corrected chi connectivity index (χ3v) is 2.20. The summed E-state index contributed by atoms with van der Waals surface area (Å²) in [5, 5.41) is 0. The Kier molecular flexibility index (Phi) is 2.08. The molecular formula is C10H13N2O. The molecule has 2 heterocycles. The predicted octanol–water partition coefficient (Wildman–Crippen LogP) is 1.49. The summed E-state index contributed by atoms with van der Waals surface area (Å²) in [6, 6.07) is 5.39. The first-order chi connectivity index (χ1) is 6.29. The Hall–Kier alpha value is -1.25. The Bertz CT molecular complexity index is 299. The standard InChI is InChI=1S/C10H13N2O/c1-8(2)12-6-7-13-10-9(12)4-3-5-11-10/h4-5,8H,6-7H2,1-2H3. The number of hydrogen-bond donors (Lipinski definition) is 0. The molecule has 3 heteroatoms. The molecule has 0 unspecified atom stereocenters. The van der Waals surface area contributed by atoms with Crippen LogP contribution in [0.2, 0.25) is 0 Å². The second-order valence-electron chi connectivity index (χ2n) is 3.40. The van der Waals surface area contributed by atoms with Gasteiger partial charge in [0, 0.05) is 18.3 Å². The molecule has 0 aromatic carbocycles. The summed E-state index contributed by atoms with van der Waals surface area (Å²) in [7, 11) is 0. The fraction of sp³-hybridized carbons (Fsp3) is 0.500. The largest absolute Gasteiger partial charge is 0.474 e. The van der Waals surface area contributed by atoms with Gasteiger partial charge in [-0.25, -0.2) is 4.98 Å². The van der Waals surface area contributed by atoms with Crippen molar-refractivity contribution in [2.24, 2.45) is 0 Å². The van der Waals surface area contributed by atoms with Gasteiger partial charge in [-0.1, -0.05) is 0 Å². The van der Waals surface area contributed by atoms with Crippen LogP contribution in [0.5, 0.6) is 5.88 Å². The number of aromatic nitrogens is 1. The minimum absolute atomic E-state index is 0.486. The van der Waals surface area contributed by atoms with E-state index in [-0.39, 0.29) is 0 Å². The Balaban J connectivity index is 2.37. The summed E-state index contributed by atoms with van der Waals surface area (Å²) < 4.78 is 5.43. The number of hydrogen-bond acceptors (Lipinski definition) is 3. The molecule has 1 aliphatic heterocycles. The zero-order valence-electron chi connectivity index (χ0n) is 7.95. The van der Waals surface area contributed by atoms with Crippen molar-refractivity contribution < 1.29 is 4.74 Å². The molecule has 13 heavy (non-hydrogen) atoms. The van der Waals surface area contributed by atoms with Crippen LogP contribution >= 0.6 is 0 Å². The van der Waals surface area contributed by atoms with Crippen LogP contribution in [0.15, 0.2) is 12.3 Å². The van der Waals surface area contributed by atoms with Crippen LogP contribution in [0.4, 0.5) is 5.69 Å². The molecule has 0 saturated heterocycles. The van der Waals surface area contributed by atoms with Crippen LogP contribution in [0, 0.1) is 6.07 Å². The number of ether oxygens (including phenoxy) is 1. The van der Waals surface area contributed by atoms with E-state index in [9.17, 15) is 0 Å². The van der Waals surface area contributed by atoms with Gasteiger partial charge in [-0.2, -0.15) is 0 Å². The minimum atomic E-state index is 0.486. The molecule has 2 rings (SSSR count). The van der Waals surface area contributed by atoms with Gasteiger partial charge in [0.05, 0.1) is 6.54 Å². The zero-order valence-corrected chi connectivity index (χ0v) is 7.95. The fourth-order valence-corrected chi connectivity index (χ4v) is 1.55. The summed E-state index contributed by atoms with van der Waals surface area (Å²) >= 11 is 0. The van der Waals surface area contributed by atoms with Crippen molar-refractivity contribution in [1.29, 1.82) is 0 Å². The Morgan fingerprint density at radius 3 is 3.23 bits per heavy atom. The summed E-state index contributed by atoms with van der Waals surface area (Å²) in [5.41, 5.74) is 1.06. The van der Waals surface area contributed by atoms with Crippen molar-refractivity contribution >= 4 is 5.69 Å². The molecule has 1 aromatic heterocycles. The van der Waals surface area contributed by atoms with E-state index in [1.54, 1.807) is 6.20 Å². The lowest BCUT2D eigenvalue weighted by Gasteiger charge is -2.33. The van der Waals surface area contributed by atoms with Crippen LogP contribution < -0.4 is 9.64 Å². The molecule has 0 spiro atoms. The minimum Gasteiger partial charge on any atom is -0.474 e. The maximum Gasteiger partial charge on any atom is 0.237 e. The van der Waals surface area contributed by atoms with E-state index >= 15 is 0 Å². The molecule has 0 aliphatic carbocycles. The highest BCUT2D eigenvalue weighted by atomic mass is 16.5. The van der Waals surface area contributed by atoms with Crippen molar-refractivity contribution in [2.75, 3.05) is 18.1 Å². The van der Waals surface area contributed by atoms with Crippen LogP contribution in [0.25, 0.3) is 0 Å². The van der Waals surface area contributed by atoms with Crippen molar-refractivity contribution in [2.45, 2.75) is 19.9 Å². The fourth-order valence-electron chi connectivity index (χ4n) is 1.55. The first-order valence-corrected chi connectivity index (χ1v) is 4.54. The molecular weight excluding hydrogens is 164 g/mol. The lowest BCUT2D eigenvalue weighted by atomic mass is 10.2. The summed E-state index contributed by atoms with van der Waals surface area (Å²) in [4.78, 5) is 6.41. The average molecular weight is 177 g/mol. The first kappa shape index (κ1) is 8.35. The smallest absolute Gasteiger partial charge is 0.237 e. The number of anilines is 1. The van der Waals surface area contributed by atoms with Gasteiger partial charge in [0.2, 0.25) is 5.88 Å². The second kappa shape index (κ2) is 3.24.